The van der Waals surface area contributed by atoms with Crippen molar-refractivity contribution in [1.29, 1.82) is 0 Å². The average Bonchev–Trinajstić information content (AvgIpc) is 2.06. The fourth-order valence-electron chi connectivity index (χ4n) is 0.871. The molecule has 1 rings (SSSR count). The molecule has 2 heteroatoms. The van der Waals surface area contributed by atoms with Gasteiger partial charge in [0.25, 0.3) is 0 Å². The van der Waals surface area contributed by atoms with E-state index in [1.54, 1.807) is 12.1 Å². The van der Waals surface area contributed by atoms with Crippen LogP contribution in [0.5, 0.6) is 0 Å². The fraction of sp³-hybridized carbons (Fsp3) is 0.222. The number of rotatable bonds is 2. The minimum Gasteiger partial charge on any atom is -0.372 e. The van der Waals surface area contributed by atoms with E-state index >= 15 is 0 Å². The van der Waals surface area contributed by atoms with E-state index in [0.717, 1.165) is 0 Å². The van der Waals surface area contributed by atoms with Crippen molar-refractivity contribution in [2.45, 2.75) is 12.1 Å². The number of nitrogens with two attached hydrogens (primary N) is 1. The van der Waals surface area contributed by atoms with Gasteiger partial charge in [0.2, 0.25) is 0 Å². The molecule has 1 unspecified atom stereocenters. The summed E-state index contributed by atoms with van der Waals surface area (Å²) in [6.45, 7) is 3.56. The van der Waals surface area contributed by atoms with Crippen molar-refractivity contribution in [3.63, 3.8) is 0 Å². The molecule has 0 saturated carbocycles. The van der Waals surface area contributed by atoms with Crippen molar-refractivity contribution in [3.05, 3.63) is 42.8 Å². The summed E-state index contributed by atoms with van der Waals surface area (Å²) < 4.78 is 0. The first-order valence-corrected chi connectivity index (χ1v) is 3.53. The maximum absolute atomic E-state index is 9.51. The molecule has 0 heterocycles. The minimum absolute atomic E-state index is 0.275. The lowest BCUT2D eigenvalue weighted by atomic mass is 10.0. The van der Waals surface area contributed by atoms with Gasteiger partial charge in [0.05, 0.1) is 0 Å². The van der Waals surface area contributed by atoms with Crippen LogP contribution in [-0.4, -0.2) is 5.11 Å². The molecule has 0 fully saturated rings. The Balaban J connectivity index is 2.93. The Bertz CT molecular complexity index is 218. The highest BCUT2D eigenvalue weighted by atomic mass is 16.3. The molecule has 0 aliphatic rings. The van der Waals surface area contributed by atoms with Gasteiger partial charge in [-0.2, -0.15) is 0 Å². The lowest BCUT2D eigenvalue weighted by Gasteiger charge is -2.21. The Morgan fingerprint density at radius 3 is 2.36 bits per heavy atom. The Hall–Kier alpha value is -0.860. The molecular weight excluding hydrogens is 138 g/mol. The molecule has 59 valence electrons. The molecule has 3 N–H and O–H groups in total. The molecule has 1 aromatic rings. The van der Waals surface area contributed by atoms with Crippen molar-refractivity contribution >= 4 is 0 Å². The molecule has 0 amide bonds. The van der Waals surface area contributed by atoms with Crippen LogP contribution in [0.3, 0.4) is 0 Å². The maximum atomic E-state index is 9.51. The van der Waals surface area contributed by atoms with E-state index in [4.69, 9.17) is 5.73 Å². The number of hydrogen-bond donors (Lipinski definition) is 2. The van der Waals surface area contributed by atoms with Gasteiger partial charge in [-0.15, -0.1) is 0 Å². The third-order valence-electron chi connectivity index (χ3n) is 1.65. The van der Waals surface area contributed by atoms with Crippen molar-refractivity contribution < 1.29 is 5.11 Å². The van der Waals surface area contributed by atoms with E-state index in [2.05, 4.69) is 6.92 Å². The van der Waals surface area contributed by atoms with Gasteiger partial charge in [-0.1, -0.05) is 30.3 Å². The summed E-state index contributed by atoms with van der Waals surface area (Å²) in [7, 11) is 0. The predicted octanol–water partition coefficient (Wildman–Crippen LogP) is 1.01. The SMILES string of the molecule is [CH2]CC(N)(O)c1ccccc1. The second-order valence-corrected chi connectivity index (χ2v) is 2.54. The van der Waals surface area contributed by atoms with Crippen LogP contribution in [0.25, 0.3) is 0 Å². The lowest BCUT2D eigenvalue weighted by molar-refractivity contribution is 0.0461. The van der Waals surface area contributed by atoms with Crippen molar-refractivity contribution in [2.75, 3.05) is 0 Å². The summed E-state index contributed by atoms with van der Waals surface area (Å²) in [5.41, 5.74) is 4.96. The highest BCUT2D eigenvalue weighted by molar-refractivity contribution is 5.20. The van der Waals surface area contributed by atoms with E-state index in [1.165, 1.54) is 0 Å². The zero-order chi connectivity index (χ0) is 8.32. The van der Waals surface area contributed by atoms with E-state index in [-0.39, 0.29) is 6.42 Å². The van der Waals surface area contributed by atoms with Crippen LogP contribution in [-0.2, 0) is 5.72 Å². The molecule has 0 aromatic heterocycles. The Morgan fingerprint density at radius 1 is 1.36 bits per heavy atom. The smallest absolute Gasteiger partial charge is 0.139 e. The Labute approximate surface area is 66.7 Å². The number of benzene rings is 1. The molecular formula is C9H12NO. The van der Waals surface area contributed by atoms with Crippen LogP contribution in [0.15, 0.2) is 30.3 Å². The van der Waals surface area contributed by atoms with Gasteiger partial charge >= 0.3 is 0 Å². The normalized spacial score (nSPS) is 15.9. The average molecular weight is 150 g/mol. The first kappa shape index (κ1) is 8.24. The standard InChI is InChI=1S/C9H12NO/c1-2-9(10,11)8-6-4-3-5-7-8/h3-7,11H,1-2,10H2. The van der Waals surface area contributed by atoms with E-state index < -0.39 is 5.72 Å². The third-order valence-corrected chi connectivity index (χ3v) is 1.65. The van der Waals surface area contributed by atoms with Gasteiger partial charge in [0.15, 0.2) is 0 Å². The molecule has 1 radical (unpaired) electrons. The number of hydrogen-bond acceptors (Lipinski definition) is 2. The first-order valence-electron chi connectivity index (χ1n) is 3.53. The maximum Gasteiger partial charge on any atom is 0.139 e. The number of aliphatic hydroxyl groups is 1. The van der Waals surface area contributed by atoms with Crippen LogP contribution >= 0.6 is 0 Å². The van der Waals surface area contributed by atoms with Gasteiger partial charge < -0.3 is 5.11 Å². The van der Waals surface area contributed by atoms with Crippen LogP contribution in [0.2, 0.25) is 0 Å². The highest BCUT2D eigenvalue weighted by Gasteiger charge is 2.19. The molecule has 0 spiro atoms. The zero-order valence-electron chi connectivity index (χ0n) is 6.33. The van der Waals surface area contributed by atoms with Gasteiger partial charge in [0, 0.05) is 0 Å². The highest BCUT2D eigenvalue weighted by Crippen LogP contribution is 2.16. The first-order chi connectivity index (χ1) is 5.17. The second-order valence-electron chi connectivity index (χ2n) is 2.54. The molecule has 11 heavy (non-hydrogen) atoms. The summed E-state index contributed by atoms with van der Waals surface area (Å²) >= 11 is 0. The largest absolute Gasteiger partial charge is 0.372 e. The van der Waals surface area contributed by atoms with Crippen molar-refractivity contribution in [3.8, 4) is 0 Å². The summed E-state index contributed by atoms with van der Waals surface area (Å²) in [6, 6.07) is 9.12. The summed E-state index contributed by atoms with van der Waals surface area (Å²) in [4.78, 5) is 0. The summed E-state index contributed by atoms with van der Waals surface area (Å²) in [5.74, 6) is 0. The molecule has 0 aliphatic carbocycles. The van der Waals surface area contributed by atoms with E-state index in [0.29, 0.717) is 5.56 Å². The monoisotopic (exact) mass is 150 g/mol. The van der Waals surface area contributed by atoms with Crippen molar-refractivity contribution in [1.82, 2.24) is 0 Å². The molecule has 0 bridgehead atoms. The predicted molar refractivity (Wildman–Crippen MR) is 44.5 cm³/mol. The minimum atomic E-state index is -1.28. The molecule has 1 aromatic carbocycles. The quantitative estimate of drug-likeness (QED) is 0.618. The topological polar surface area (TPSA) is 46.2 Å². The van der Waals surface area contributed by atoms with E-state index in [9.17, 15) is 5.11 Å². The molecule has 1 atom stereocenters. The van der Waals surface area contributed by atoms with Crippen molar-refractivity contribution in [2.24, 2.45) is 5.73 Å². The fourth-order valence-corrected chi connectivity index (χ4v) is 0.871. The third kappa shape index (κ3) is 1.79. The molecule has 0 saturated heterocycles. The lowest BCUT2D eigenvalue weighted by Crippen LogP contribution is -2.35. The van der Waals surface area contributed by atoms with E-state index in [1.807, 2.05) is 18.2 Å². The van der Waals surface area contributed by atoms with Gasteiger partial charge in [-0.05, 0) is 18.9 Å². The Morgan fingerprint density at radius 2 is 1.91 bits per heavy atom. The van der Waals surface area contributed by atoms with Gasteiger partial charge in [-0.3, -0.25) is 5.73 Å². The summed E-state index contributed by atoms with van der Waals surface area (Å²) in [5, 5.41) is 9.51. The Kier molecular flexibility index (Phi) is 2.27. The summed E-state index contributed by atoms with van der Waals surface area (Å²) in [6.07, 6.45) is 0.275. The van der Waals surface area contributed by atoms with Gasteiger partial charge in [0.1, 0.15) is 5.72 Å². The van der Waals surface area contributed by atoms with Crippen LogP contribution < -0.4 is 5.73 Å². The molecule has 0 aliphatic heterocycles. The zero-order valence-corrected chi connectivity index (χ0v) is 6.33. The van der Waals surface area contributed by atoms with Gasteiger partial charge in [-0.25, -0.2) is 0 Å². The van der Waals surface area contributed by atoms with Crippen LogP contribution in [0, 0.1) is 6.92 Å². The van der Waals surface area contributed by atoms with Crippen LogP contribution in [0.1, 0.15) is 12.0 Å². The van der Waals surface area contributed by atoms with Crippen LogP contribution in [0.4, 0.5) is 0 Å². The second kappa shape index (κ2) is 3.03. The molecule has 2 nitrogen and oxygen atoms in total.